The van der Waals surface area contributed by atoms with E-state index in [1.54, 1.807) is 25.2 Å². The summed E-state index contributed by atoms with van der Waals surface area (Å²) < 4.78 is 0. The molecule has 0 aromatic heterocycles. The number of hydrogen-bond acceptors (Lipinski definition) is 3. The molecule has 3 nitrogen and oxygen atoms in total. The van der Waals surface area contributed by atoms with Gasteiger partial charge in [0.2, 0.25) is 0 Å². The van der Waals surface area contributed by atoms with E-state index in [0.717, 1.165) is 0 Å². The molecule has 0 amide bonds. The summed E-state index contributed by atoms with van der Waals surface area (Å²) in [5.41, 5.74) is 0.384. The molecule has 16 heavy (non-hydrogen) atoms. The van der Waals surface area contributed by atoms with Crippen molar-refractivity contribution in [3.05, 3.63) is 33.8 Å². The topological polar surface area (TPSA) is 52.5 Å². The number of halogens is 2. The molecule has 1 aromatic rings. The molecular weight excluding hydrogens is 249 g/mol. The number of rotatable bonds is 5. The predicted octanol–water partition coefficient (Wildman–Crippen LogP) is 2.00. The Bertz CT molecular complexity index is 327. The summed E-state index contributed by atoms with van der Waals surface area (Å²) in [5.74, 6) is 0. The highest BCUT2D eigenvalue weighted by atomic mass is 35.5. The smallest absolute Gasteiger partial charge is 0.108 e. The minimum absolute atomic E-state index is 0.364. The van der Waals surface area contributed by atoms with Crippen molar-refractivity contribution in [2.24, 2.45) is 0 Å². The zero-order valence-electron chi connectivity index (χ0n) is 8.95. The summed E-state index contributed by atoms with van der Waals surface area (Å²) in [4.78, 5) is 0. The number of benzene rings is 1. The van der Waals surface area contributed by atoms with Gasteiger partial charge in [0.15, 0.2) is 0 Å². The quantitative estimate of drug-likeness (QED) is 0.762. The molecule has 2 atom stereocenters. The molecule has 0 spiro atoms. The normalized spacial score (nSPS) is 14.8. The fourth-order valence-corrected chi connectivity index (χ4v) is 2.06. The summed E-state index contributed by atoms with van der Waals surface area (Å²) in [7, 11) is 1.78. The van der Waals surface area contributed by atoms with Gasteiger partial charge in [0.05, 0.1) is 6.10 Å². The average molecular weight is 264 g/mol. The van der Waals surface area contributed by atoms with Crippen molar-refractivity contribution in [3.8, 4) is 0 Å². The molecule has 0 heterocycles. The molecule has 90 valence electrons. The molecule has 3 N–H and O–H groups in total. The third-order valence-corrected chi connectivity index (χ3v) is 3.01. The number of nitrogens with one attached hydrogen (secondary N) is 1. The standard InChI is InChI=1S/C11H15Cl2NO2/c1-14-6-5-9(15)11(16)10-7(12)3-2-4-8(10)13/h2-4,9,11,14-16H,5-6H2,1H3. The van der Waals surface area contributed by atoms with E-state index in [9.17, 15) is 10.2 Å². The molecular formula is C11H15Cl2NO2. The second-order valence-electron chi connectivity index (χ2n) is 3.54. The summed E-state index contributed by atoms with van der Waals surface area (Å²) in [6, 6.07) is 4.97. The van der Waals surface area contributed by atoms with Gasteiger partial charge in [0.1, 0.15) is 6.10 Å². The summed E-state index contributed by atoms with van der Waals surface area (Å²) in [5, 5.41) is 23.3. The Morgan fingerprint density at radius 2 is 1.81 bits per heavy atom. The third-order valence-electron chi connectivity index (χ3n) is 2.35. The van der Waals surface area contributed by atoms with Crippen molar-refractivity contribution in [2.45, 2.75) is 18.6 Å². The fraction of sp³-hybridized carbons (Fsp3) is 0.455. The van der Waals surface area contributed by atoms with Gasteiger partial charge < -0.3 is 15.5 Å². The Kier molecular flexibility index (Phi) is 5.52. The van der Waals surface area contributed by atoms with Gasteiger partial charge in [0, 0.05) is 15.6 Å². The van der Waals surface area contributed by atoms with Gasteiger partial charge in [-0.15, -0.1) is 0 Å². The van der Waals surface area contributed by atoms with Crippen LogP contribution in [0.3, 0.4) is 0 Å². The van der Waals surface area contributed by atoms with Crippen LogP contribution in [0.4, 0.5) is 0 Å². The maximum atomic E-state index is 9.93. The lowest BCUT2D eigenvalue weighted by molar-refractivity contribution is 0.0141. The van der Waals surface area contributed by atoms with Crippen LogP contribution in [0.25, 0.3) is 0 Å². The molecule has 1 aromatic carbocycles. The first kappa shape index (κ1) is 13.7. The second-order valence-corrected chi connectivity index (χ2v) is 4.35. The highest BCUT2D eigenvalue weighted by Gasteiger charge is 2.22. The van der Waals surface area contributed by atoms with E-state index in [-0.39, 0.29) is 0 Å². The first-order valence-corrected chi connectivity index (χ1v) is 5.78. The van der Waals surface area contributed by atoms with Crippen LogP contribution in [0.5, 0.6) is 0 Å². The highest BCUT2D eigenvalue weighted by molar-refractivity contribution is 6.36. The van der Waals surface area contributed by atoms with Crippen molar-refractivity contribution >= 4 is 23.2 Å². The largest absolute Gasteiger partial charge is 0.390 e. The van der Waals surface area contributed by atoms with Crippen molar-refractivity contribution in [1.29, 1.82) is 0 Å². The molecule has 0 aliphatic carbocycles. The lowest BCUT2D eigenvalue weighted by atomic mass is 10.0. The van der Waals surface area contributed by atoms with Crippen LogP contribution in [0.15, 0.2) is 18.2 Å². The van der Waals surface area contributed by atoms with Gasteiger partial charge in [-0.2, -0.15) is 0 Å². The molecule has 1 rings (SSSR count). The Morgan fingerprint density at radius 1 is 1.25 bits per heavy atom. The van der Waals surface area contributed by atoms with E-state index in [0.29, 0.717) is 28.6 Å². The Labute approximate surface area is 105 Å². The van der Waals surface area contributed by atoms with Gasteiger partial charge in [-0.25, -0.2) is 0 Å². The van der Waals surface area contributed by atoms with Gasteiger partial charge in [0.25, 0.3) is 0 Å². The number of hydrogen-bond donors (Lipinski definition) is 3. The summed E-state index contributed by atoms with van der Waals surface area (Å²) in [6.45, 7) is 0.611. The van der Waals surface area contributed by atoms with Crippen molar-refractivity contribution in [3.63, 3.8) is 0 Å². The van der Waals surface area contributed by atoms with E-state index < -0.39 is 12.2 Å². The van der Waals surface area contributed by atoms with E-state index in [2.05, 4.69) is 5.32 Å². The minimum Gasteiger partial charge on any atom is -0.390 e. The van der Waals surface area contributed by atoms with Crippen LogP contribution < -0.4 is 5.32 Å². The highest BCUT2D eigenvalue weighted by Crippen LogP contribution is 2.32. The van der Waals surface area contributed by atoms with E-state index in [4.69, 9.17) is 23.2 Å². The molecule has 0 aliphatic rings. The van der Waals surface area contributed by atoms with Crippen LogP contribution in [0, 0.1) is 0 Å². The Morgan fingerprint density at radius 3 is 2.31 bits per heavy atom. The van der Waals surface area contributed by atoms with E-state index in [1.165, 1.54) is 0 Å². The first-order valence-electron chi connectivity index (χ1n) is 5.02. The Hall–Kier alpha value is -0.320. The summed E-state index contributed by atoms with van der Waals surface area (Å²) in [6.07, 6.45) is -1.52. The monoisotopic (exact) mass is 263 g/mol. The molecule has 5 heteroatoms. The van der Waals surface area contributed by atoms with Crippen LogP contribution in [-0.2, 0) is 0 Å². The van der Waals surface area contributed by atoms with Gasteiger partial charge in [-0.3, -0.25) is 0 Å². The van der Waals surface area contributed by atoms with Crippen LogP contribution in [0.2, 0.25) is 10.0 Å². The molecule has 0 bridgehead atoms. The molecule has 0 saturated carbocycles. The molecule has 0 radical (unpaired) electrons. The fourth-order valence-electron chi connectivity index (χ4n) is 1.44. The number of aliphatic hydroxyl groups is 2. The van der Waals surface area contributed by atoms with Crippen LogP contribution >= 0.6 is 23.2 Å². The van der Waals surface area contributed by atoms with Gasteiger partial charge in [-0.1, -0.05) is 29.3 Å². The van der Waals surface area contributed by atoms with Crippen molar-refractivity contribution in [2.75, 3.05) is 13.6 Å². The van der Waals surface area contributed by atoms with Gasteiger partial charge >= 0.3 is 0 Å². The molecule has 2 unspecified atom stereocenters. The molecule has 0 aliphatic heterocycles. The second kappa shape index (κ2) is 6.42. The molecule has 0 fully saturated rings. The zero-order chi connectivity index (χ0) is 12.1. The van der Waals surface area contributed by atoms with Crippen molar-refractivity contribution < 1.29 is 10.2 Å². The average Bonchev–Trinajstić information content (AvgIpc) is 2.25. The van der Waals surface area contributed by atoms with Gasteiger partial charge in [-0.05, 0) is 32.1 Å². The zero-order valence-corrected chi connectivity index (χ0v) is 10.5. The van der Waals surface area contributed by atoms with Crippen LogP contribution in [-0.4, -0.2) is 29.9 Å². The molecule has 0 saturated heterocycles. The Balaban J connectivity index is 2.82. The SMILES string of the molecule is CNCCC(O)C(O)c1c(Cl)cccc1Cl. The first-order chi connectivity index (χ1) is 7.57. The third kappa shape index (κ3) is 3.34. The lowest BCUT2D eigenvalue weighted by Crippen LogP contribution is -2.23. The minimum atomic E-state index is -1.06. The maximum Gasteiger partial charge on any atom is 0.108 e. The number of aliphatic hydroxyl groups excluding tert-OH is 2. The van der Waals surface area contributed by atoms with E-state index in [1.807, 2.05) is 0 Å². The summed E-state index contributed by atoms with van der Waals surface area (Å²) >= 11 is 11.9. The van der Waals surface area contributed by atoms with Crippen LogP contribution in [0.1, 0.15) is 18.1 Å². The lowest BCUT2D eigenvalue weighted by Gasteiger charge is -2.20. The maximum absolute atomic E-state index is 9.93. The van der Waals surface area contributed by atoms with Crippen molar-refractivity contribution in [1.82, 2.24) is 5.32 Å². The predicted molar refractivity (Wildman–Crippen MR) is 66.0 cm³/mol. The van der Waals surface area contributed by atoms with E-state index >= 15 is 0 Å².